The predicted molar refractivity (Wildman–Crippen MR) is 80.5 cm³/mol. The molecule has 21 heavy (non-hydrogen) atoms. The van der Waals surface area contributed by atoms with Crippen LogP contribution in [0.2, 0.25) is 0 Å². The van der Waals surface area contributed by atoms with Gasteiger partial charge in [-0.1, -0.05) is 26.0 Å². The van der Waals surface area contributed by atoms with Gasteiger partial charge in [0.2, 0.25) is 0 Å². The molecular formula is C16H22N2O3. The number of carbonyl (C=O) groups excluding carboxylic acids is 1. The van der Waals surface area contributed by atoms with Crippen LogP contribution in [0.3, 0.4) is 0 Å². The normalized spacial score (nSPS) is 16.2. The highest BCUT2D eigenvalue weighted by Crippen LogP contribution is 2.16. The lowest BCUT2D eigenvalue weighted by Gasteiger charge is -2.33. The Kier molecular flexibility index (Phi) is 4.96. The number of carbonyl (C=O) groups is 2. The number of rotatable bonds is 4. The number of nitrogens with zero attached hydrogens (tertiary/aromatic N) is 2. The van der Waals surface area contributed by atoms with Gasteiger partial charge in [-0.15, -0.1) is 0 Å². The van der Waals surface area contributed by atoms with E-state index in [0.29, 0.717) is 37.7 Å². The summed E-state index contributed by atoms with van der Waals surface area (Å²) in [4.78, 5) is 26.7. The summed E-state index contributed by atoms with van der Waals surface area (Å²) in [5.74, 6) is -0.340. The molecule has 1 amide bonds. The molecule has 5 nitrogen and oxygen atoms in total. The third-order valence-corrected chi connectivity index (χ3v) is 3.84. The molecule has 2 rings (SSSR count). The Bertz CT molecular complexity index is 503. The summed E-state index contributed by atoms with van der Waals surface area (Å²) in [7, 11) is 0. The molecule has 1 aromatic rings. The lowest BCUT2D eigenvalue weighted by molar-refractivity contribution is -0.138. The summed E-state index contributed by atoms with van der Waals surface area (Å²) in [5.41, 5.74) is 1.92. The first kappa shape index (κ1) is 15.5. The molecule has 0 unspecified atom stereocenters. The summed E-state index contributed by atoms with van der Waals surface area (Å²) in [6.45, 7) is 6.68. The molecule has 0 bridgehead atoms. The van der Waals surface area contributed by atoms with Crippen LogP contribution in [0.25, 0.3) is 0 Å². The van der Waals surface area contributed by atoms with Crippen molar-refractivity contribution < 1.29 is 14.7 Å². The van der Waals surface area contributed by atoms with Crippen molar-refractivity contribution in [2.45, 2.75) is 19.8 Å². The van der Waals surface area contributed by atoms with Crippen molar-refractivity contribution in [3.05, 3.63) is 35.4 Å². The number of benzene rings is 1. The van der Waals surface area contributed by atoms with Gasteiger partial charge in [0.05, 0.1) is 6.54 Å². The molecule has 0 atom stereocenters. The molecule has 1 heterocycles. The van der Waals surface area contributed by atoms with E-state index in [-0.39, 0.29) is 12.5 Å². The summed E-state index contributed by atoms with van der Waals surface area (Å²) in [6, 6.07) is 7.75. The van der Waals surface area contributed by atoms with E-state index in [9.17, 15) is 9.59 Å². The van der Waals surface area contributed by atoms with Gasteiger partial charge in [-0.3, -0.25) is 14.5 Å². The van der Waals surface area contributed by atoms with Crippen LogP contribution >= 0.6 is 0 Å². The zero-order chi connectivity index (χ0) is 15.4. The molecule has 1 aromatic carbocycles. The minimum atomic E-state index is -0.820. The number of hydrogen-bond donors (Lipinski definition) is 1. The Hall–Kier alpha value is -1.88. The molecule has 1 saturated heterocycles. The molecule has 0 aliphatic carbocycles. The highest BCUT2D eigenvalue weighted by molar-refractivity contribution is 5.94. The highest BCUT2D eigenvalue weighted by Gasteiger charge is 2.23. The number of carboxylic acid groups (broad SMARTS) is 1. The van der Waals surface area contributed by atoms with E-state index in [1.807, 2.05) is 29.2 Å². The van der Waals surface area contributed by atoms with Crippen molar-refractivity contribution in [1.82, 2.24) is 9.80 Å². The van der Waals surface area contributed by atoms with Gasteiger partial charge in [-0.05, 0) is 23.6 Å². The second-order valence-electron chi connectivity index (χ2n) is 5.74. The standard InChI is InChI=1S/C16H22N2O3/c1-12(2)13-3-5-14(6-4-13)16(21)18-9-7-17(8-10-18)11-15(19)20/h3-6,12H,7-11H2,1-2H3,(H,19,20). The van der Waals surface area contributed by atoms with Gasteiger partial charge in [0.1, 0.15) is 0 Å². The van der Waals surface area contributed by atoms with Crippen molar-refractivity contribution >= 4 is 11.9 Å². The molecule has 1 N–H and O–H groups in total. The van der Waals surface area contributed by atoms with Crippen LogP contribution in [0.15, 0.2) is 24.3 Å². The topological polar surface area (TPSA) is 60.9 Å². The lowest BCUT2D eigenvalue weighted by atomic mass is 10.0. The van der Waals surface area contributed by atoms with Gasteiger partial charge in [0.25, 0.3) is 5.91 Å². The number of piperazine rings is 1. The van der Waals surface area contributed by atoms with Gasteiger partial charge in [-0.2, -0.15) is 0 Å². The van der Waals surface area contributed by atoms with Crippen LogP contribution in [0.5, 0.6) is 0 Å². The average Bonchev–Trinajstić information content (AvgIpc) is 2.47. The maximum Gasteiger partial charge on any atom is 0.317 e. The highest BCUT2D eigenvalue weighted by atomic mass is 16.4. The molecule has 1 fully saturated rings. The minimum absolute atomic E-state index is 0.0280. The summed E-state index contributed by atoms with van der Waals surface area (Å²) in [6.07, 6.45) is 0. The molecular weight excluding hydrogens is 268 g/mol. The van der Waals surface area contributed by atoms with E-state index in [1.54, 1.807) is 4.90 Å². The number of hydrogen-bond acceptors (Lipinski definition) is 3. The maximum absolute atomic E-state index is 12.4. The molecule has 1 aliphatic heterocycles. The molecule has 114 valence electrons. The molecule has 0 radical (unpaired) electrons. The Balaban J connectivity index is 1.94. The van der Waals surface area contributed by atoms with Crippen molar-refractivity contribution in [3.63, 3.8) is 0 Å². The van der Waals surface area contributed by atoms with Gasteiger partial charge in [0, 0.05) is 31.7 Å². The van der Waals surface area contributed by atoms with E-state index in [2.05, 4.69) is 13.8 Å². The van der Waals surface area contributed by atoms with E-state index >= 15 is 0 Å². The largest absolute Gasteiger partial charge is 0.480 e. The van der Waals surface area contributed by atoms with Gasteiger partial charge in [-0.25, -0.2) is 0 Å². The first-order chi connectivity index (χ1) is 9.97. The molecule has 0 spiro atoms. The quantitative estimate of drug-likeness (QED) is 0.916. The fourth-order valence-corrected chi connectivity index (χ4v) is 2.49. The van der Waals surface area contributed by atoms with E-state index in [4.69, 9.17) is 5.11 Å². The summed E-state index contributed by atoms with van der Waals surface area (Å²) < 4.78 is 0. The lowest BCUT2D eigenvalue weighted by Crippen LogP contribution is -2.49. The van der Waals surface area contributed by atoms with Crippen molar-refractivity contribution in [1.29, 1.82) is 0 Å². The number of carboxylic acids is 1. The number of aliphatic carboxylic acids is 1. The van der Waals surface area contributed by atoms with Crippen LogP contribution < -0.4 is 0 Å². The van der Waals surface area contributed by atoms with Gasteiger partial charge >= 0.3 is 5.97 Å². The Morgan fingerprint density at radius 3 is 2.14 bits per heavy atom. The molecule has 0 aromatic heterocycles. The SMILES string of the molecule is CC(C)c1ccc(C(=O)N2CCN(CC(=O)O)CC2)cc1. The third kappa shape index (κ3) is 4.04. The van der Waals surface area contributed by atoms with Gasteiger partial charge < -0.3 is 10.0 Å². The zero-order valence-electron chi connectivity index (χ0n) is 12.6. The van der Waals surface area contributed by atoms with Gasteiger partial charge in [0.15, 0.2) is 0 Å². The Morgan fingerprint density at radius 1 is 1.10 bits per heavy atom. The molecule has 1 aliphatic rings. The van der Waals surface area contributed by atoms with Crippen LogP contribution in [-0.2, 0) is 4.79 Å². The summed E-state index contributed by atoms with van der Waals surface area (Å²) >= 11 is 0. The Labute approximate surface area is 125 Å². The fourth-order valence-electron chi connectivity index (χ4n) is 2.49. The third-order valence-electron chi connectivity index (χ3n) is 3.84. The molecule has 5 heteroatoms. The van der Waals surface area contributed by atoms with E-state index < -0.39 is 5.97 Å². The monoisotopic (exact) mass is 290 g/mol. The van der Waals surface area contributed by atoms with E-state index in [1.165, 1.54) is 5.56 Å². The second kappa shape index (κ2) is 6.72. The minimum Gasteiger partial charge on any atom is -0.480 e. The first-order valence-corrected chi connectivity index (χ1v) is 7.30. The maximum atomic E-state index is 12.4. The zero-order valence-corrected chi connectivity index (χ0v) is 12.6. The average molecular weight is 290 g/mol. The fraction of sp³-hybridized carbons (Fsp3) is 0.500. The first-order valence-electron chi connectivity index (χ1n) is 7.30. The Morgan fingerprint density at radius 2 is 1.67 bits per heavy atom. The van der Waals surface area contributed by atoms with Crippen LogP contribution in [0.4, 0.5) is 0 Å². The number of amides is 1. The van der Waals surface area contributed by atoms with Crippen molar-refractivity contribution in [2.75, 3.05) is 32.7 Å². The van der Waals surface area contributed by atoms with Crippen molar-refractivity contribution in [3.8, 4) is 0 Å². The summed E-state index contributed by atoms with van der Waals surface area (Å²) in [5, 5.41) is 8.77. The van der Waals surface area contributed by atoms with Crippen LogP contribution in [-0.4, -0.2) is 59.5 Å². The second-order valence-corrected chi connectivity index (χ2v) is 5.74. The van der Waals surface area contributed by atoms with E-state index in [0.717, 1.165) is 0 Å². The predicted octanol–water partition coefficient (Wildman–Crippen LogP) is 1.65. The van der Waals surface area contributed by atoms with Crippen LogP contribution in [0.1, 0.15) is 35.7 Å². The smallest absolute Gasteiger partial charge is 0.317 e. The molecule has 0 saturated carbocycles. The van der Waals surface area contributed by atoms with Crippen molar-refractivity contribution in [2.24, 2.45) is 0 Å². The van der Waals surface area contributed by atoms with Crippen LogP contribution in [0, 0.1) is 0 Å².